The van der Waals surface area contributed by atoms with Gasteiger partial charge in [0.2, 0.25) is 0 Å². The maximum absolute atomic E-state index is 12.4. The number of nitrogens with one attached hydrogen (secondary N) is 1. The molecule has 6 nitrogen and oxygen atoms in total. The van der Waals surface area contributed by atoms with Crippen LogP contribution in [0, 0.1) is 5.92 Å². The quantitative estimate of drug-likeness (QED) is 0.938. The Labute approximate surface area is 134 Å². The topological polar surface area (TPSA) is 67.6 Å². The number of piperidine rings is 3. The van der Waals surface area contributed by atoms with Crippen LogP contribution in [0.15, 0.2) is 41.3 Å². The summed E-state index contributed by atoms with van der Waals surface area (Å²) in [6.07, 6.45) is 5.18. The number of benzene rings is 1. The Morgan fingerprint density at radius 1 is 1.26 bits per heavy atom. The minimum atomic E-state index is -0.0186. The molecule has 120 valence electrons. The minimum absolute atomic E-state index is 0.0186. The number of rotatable bonds is 4. The summed E-state index contributed by atoms with van der Waals surface area (Å²) in [6.45, 7) is 3.32. The van der Waals surface area contributed by atoms with Crippen molar-refractivity contribution in [2.75, 3.05) is 19.6 Å². The van der Waals surface area contributed by atoms with E-state index in [-0.39, 0.29) is 11.9 Å². The van der Waals surface area contributed by atoms with E-state index in [0.717, 1.165) is 6.54 Å². The van der Waals surface area contributed by atoms with E-state index in [1.165, 1.54) is 38.5 Å². The third-order valence-corrected chi connectivity index (χ3v) is 4.72. The lowest BCUT2D eigenvalue weighted by atomic mass is 9.84. The third-order valence-electron chi connectivity index (χ3n) is 4.72. The Morgan fingerprint density at radius 2 is 2.04 bits per heavy atom. The van der Waals surface area contributed by atoms with Gasteiger partial charge in [-0.1, -0.05) is 0 Å². The summed E-state index contributed by atoms with van der Waals surface area (Å²) in [7, 11) is 0. The summed E-state index contributed by atoms with van der Waals surface area (Å²) in [5.74, 6) is 1.54. The molecule has 0 saturated carbocycles. The zero-order valence-corrected chi connectivity index (χ0v) is 12.8. The Morgan fingerprint density at radius 3 is 2.65 bits per heavy atom. The molecule has 0 aliphatic carbocycles. The van der Waals surface area contributed by atoms with Gasteiger partial charge in [-0.2, -0.15) is 0 Å². The van der Waals surface area contributed by atoms with Gasteiger partial charge in [0.05, 0.1) is 0 Å². The van der Waals surface area contributed by atoms with Crippen molar-refractivity contribution < 1.29 is 13.9 Å². The number of hydrogen-bond donors (Lipinski definition) is 1. The van der Waals surface area contributed by atoms with Gasteiger partial charge < -0.3 is 19.4 Å². The summed E-state index contributed by atoms with van der Waals surface area (Å²) in [5, 5.41) is 3.18. The number of ether oxygens (including phenoxy) is 1. The zero-order valence-electron chi connectivity index (χ0n) is 12.8. The van der Waals surface area contributed by atoms with Crippen molar-refractivity contribution in [1.82, 2.24) is 15.2 Å². The van der Waals surface area contributed by atoms with Gasteiger partial charge in [-0.3, -0.25) is 4.79 Å². The molecular weight excluding hydrogens is 294 g/mol. The van der Waals surface area contributed by atoms with Gasteiger partial charge in [-0.05, 0) is 56.1 Å². The first-order valence-corrected chi connectivity index (χ1v) is 7.97. The SMILES string of the molecule is O=C(NC1CN2CCC1CC2)c1ccc(Oc2cnco2)cc1. The van der Waals surface area contributed by atoms with Crippen molar-refractivity contribution in [2.24, 2.45) is 5.92 Å². The van der Waals surface area contributed by atoms with Gasteiger partial charge in [0, 0.05) is 18.2 Å². The fourth-order valence-corrected chi connectivity index (χ4v) is 3.43. The highest BCUT2D eigenvalue weighted by Crippen LogP contribution is 2.28. The van der Waals surface area contributed by atoms with E-state index in [2.05, 4.69) is 15.2 Å². The molecule has 4 heterocycles. The molecule has 0 spiro atoms. The molecule has 3 aliphatic rings. The lowest BCUT2D eigenvalue weighted by Gasteiger charge is -2.44. The van der Waals surface area contributed by atoms with E-state index in [0.29, 0.717) is 23.2 Å². The van der Waals surface area contributed by atoms with Gasteiger partial charge in [0.1, 0.15) is 11.9 Å². The second-order valence-electron chi connectivity index (χ2n) is 6.16. The van der Waals surface area contributed by atoms with Gasteiger partial charge in [0.15, 0.2) is 6.39 Å². The molecule has 3 saturated heterocycles. The Hall–Kier alpha value is -2.34. The molecule has 2 aromatic rings. The van der Waals surface area contributed by atoms with Crippen LogP contribution in [0.4, 0.5) is 0 Å². The molecule has 0 radical (unpaired) electrons. The molecule has 1 aromatic carbocycles. The van der Waals surface area contributed by atoms with E-state index in [4.69, 9.17) is 9.15 Å². The number of oxazole rings is 1. The maximum Gasteiger partial charge on any atom is 0.310 e. The molecule has 6 heteroatoms. The second kappa shape index (κ2) is 6.04. The van der Waals surface area contributed by atoms with E-state index in [1.807, 2.05) is 0 Å². The van der Waals surface area contributed by atoms with Crippen molar-refractivity contribution >= 4 is 5.91 Å². The summed E-state index contributed by atoms with van der Waals surface area (Å²) in [4.78, 5) is 18.6. The first-order chi connectivity index (χ1) is 11.3. The number of hydrogen-bond acceptors (Lipinski definition) is 5. The average Bonchev–Trinajstić information content (AvgIpc) is 3.09. The number of fused-ring (bicyclic) bond motifs is 3. The van der Waals surface area contributed by atoms with Crippen molar-refractivity contribution in [1.29, 1.82) is 0 Å². The summed E-state index contributed by atoms with van der Waals surface area (Å²) in [5.41, 5.74) is 0.645. The van der Waals surface area contributed by atoms with Crippen LogP contribution in [0.1, 0.15) is 23.2 Å². The number of carbonyl (C=O) groups excluding carboxylic acids is 1. The molecule has 1 unspecified atom stereocenters. The van der Waals surface area contributed by atoms with E-state index < -0.39 is 0 Å². The summed E-state index contributed by atoms with van der Waals surface area (Å²) >= 11 is 0. The molecule has 5 rings (SSSR count). The van der Waals surface area contributed by atoms with Crippen LogP contribution in [0.5, 0.6) is 11.7 Å². The zero-order chi connectivity index (χ0) is 15.6. The number of aromatic nitrogens is 1. The third kappa shape index (κ3) is 3.07. The predicted octanol–water partition coefficient (Wildman–Crippen LogP) is 2.29. The summed E-state index contributed by atoms with van der Waals surface area (Å²) < 4.78 is 10.5. The molecule has 1 aromatic heterocycles. The Balaban J connectivity index is 1.38. The molecule has 1 atom stereocenters. The predicted molar refractivity (Wildman–Crippen MR) is 83.4 cm³/mol. The fourth-order valence-electron chi connectivity index (χ4n) is 3.43. The highest BCUT2D eigenvalue weighted by Gasteiger charge is 2.34. The van der Waals surface area contributed by atoms with Crippen LogP contribution in [0.3, 0.4) is 0 Å². The van der Waals surface area contributed by atoms with Gasteiger partial charge in [-0.25, -0.2) is 4.98 Å². The second-order valence-corrected chi connectivity index (χ2v) is 6.16. The fraction of sp³-hybridized carbons (Fsp3) is 0.412. The number of amides is 1. The molecule has 3 fully saturated rings. The van der Waals surface area contributed by atoms with E-state index in [1.54, 1.807) is 24.3 Å². The molecular formula is C17H19N3O3. The van der Waals surface area contributed by atoms with Crippen molar-refractivity contribution in [3.8, 4) is 11.7 Å². The van der Waals surface area contributed by atoms with Gasteiger partial charge >= 0.3 is 5.95 Å². The molecule has 1 N–H and O–H groups in total. The van der Waals surface area contributed by atoms with Crippen LogP contribution in [-0.4, -0.2) is 41.5 Å². The molecule has 2 bridgehead atoms. The van der Waals surface area contributed by atoms with Gasteiger partial charge in [0.25, 0.3) is 5.91 Å². The van der Waals surface area contributed by atoms with E-state index >= 15 is 0 Å². The minimum Gasteiger partial charge on any atom is -0.425 e. The number of carbonyl (C=O) groups is 1. The largest absolute Gasteiger partial charge is 0.425 e. The van der Waals surface area contributed by atoms with Crippen molar-refractivity contribution in [3.63, 3.8) is 0 Å². The number of nitrogens with zero attached hydrogens (tertiary/aromatic N) is 2. The van der Waals surface area contributed by atoms with Gasteiger partial charge in [-0.15, -0.1) is 0 Å². The van der Waals surface area contributed by atoms with E-state index in [9.17, 15) is 4.79 Å². The summed E-state index contributed by atoms with van der Waals surface area (Å²) in [6, 6.07) is 7.32. The lowest BCUT2D eigenvalue weighted by molar-refractivity contribution is 0.0620. The maximum atomic E-state index is 12.4. The van der Waals surface area contributed by atoms with Crippen LogP contribution in [0.2, 0.25) is 0 Å². The van der Waals surface area contributed by atoms with Crippen LogP contribution in [-0.2, 0) is 0 Å². The Kier molecular flexibility index (Phi) is 3.75. The Bertz CT molecular complexity index is 661. The van der Waals surface area contributed by atoms with Crippen LogP contribution in [0.25, 0.3) is 0 Å². The smallest absolute Gasteiger partial charge is 0.310 e. The van der Waals surface area contributed by atoms with Crippen molar-refractivity contribution in [3.05, 3.63) is 42.4 Å². The first kappa shape index (κ1) is 14.3. The van der Waals surface area contributed by atoms with Crippen LogP contribution >= 0.6 is 0 Å². The van der Waals surface area contributed by atoms with Crippen LogP contribution < -0.4 is 10.1 Å². The molecule has 23 heavy (non-hydrogen) atoms. The highest BCUT2D eigenvalue weighted by atomic mass is 16.6. The van der Waals surface area contributed by atoms with Crippen molar-refractivity contribution in [2.45, 2.75) is 18.9 Å². The first-order valence-electron chi connectivity index (χ1n) is 7.97. The monoisotopic (exact) mass is 313 g/mol. The lowest BCUT2D eigenvalue weighted by Crippen LogP contribution is -2.57. The molecule has 3 aliphatic heterocycles. The molecule has 1 amide bonds. The highest BCUT2D eigenvalue weighted by molar-refractivity contribution is 5.94. The standard InChI is InChI=1S/C17H19N3O3/c21-17(19-15-10-20-7-5-12(15)6-8-20)13-1-3-14(4-2-13)23-16-9-18-11-22-16/h1-4,9,11-12,15H,5-8,10H2,(H,19,21). The normalized spacial score (nSPS) is 26.0. The average molecular weight is 313 g/mol.